The quantitative estimate of drug-likeness (QED) is 0.330. The molecule has 0 bridgehead atoms. The van der Waals surface area contributed by atoms with Crippen LogP contribution >= 0.6 is 0 Å². The molecule has 31 heavy (non-hydrogen) atoms. The molecular weight excluding hydrogens is 439 g/mol. The zero-order valence-corrected chi connectivity index (χ0v) is 17.0. The second kappa shape index (κ2) is 8.02. The molecule has 0 fully saturated rings. The first-order valence-corrected chi connectivity index (χ1v) is 10.3. The Balaban J connectivity index is 2.12. The van der Waals surface area contributed by atoms with Crippen molar-refractivity contribution in [2.45, 2.75) is 25.9 Å². The lowest BCUT2D eigenvalue weighted by molar-refractivity contribution is -0.384. The van der Waals surface area contributed by atoms with Crippen molar-refractivity contribution in [3.63, 3.8) is 0 Å². The smallest absolute Gasteiger partial charge is 0.269 e. The van der Waals surface area contributed by atoms with Crippen LogP contribution < -0.4 is 4.72 Å². The normalized spacial score (nSPS) is 16.6. The number of nitrogens with one attached hydrogen (secondary N) is 1. The van der Waals surface area contributed by atoms with Gasteiger partial charge in [0.25, 0.3) is 11.6 Å². The molecule has 0 aromatic heterocycles. The minimum atomic E-state index is -4.43. The summed E-state index contributed by atoms with van der Waals surface area (Å²) in [5.74, 6) is -3.75. The molecule has 1 aliphatic rings. The van der Waals surface area contributed by atoms with Crippen LogP contribution in [0.4, 0.5) is 18.9 Å². The molecule has 1 heterocycles. The van der Waals surface area contributed by atoms with Gasteiger partial charge in [-0.25, -0.2) is 13.0 Å². The van der Waals surface area contributed by atoms with Crippen LogP contribution in [0.15, 0.2) is 47.6 Å². The molecule has 3 rings (SSSR count). The van der Waals surface area contributed by atoms with Gasteiger partial charge < -0.3 is 4.84 Å². The Bertz CT molecular complexity index is 1200. The molecule has 2 aromatic rings. The molecule has 0 radical (unpaired) electrons. The van der Waals surface area contributed by atoms with Crippen LogP contribution in [0.2, 0.25) is 0 Å². The monoisotopic (exact) mass is 455 g/mol. The molecule has 1 atom stereocenters. The van der Waals surface area contributed by atoms with Gasteiger partial charge in [-0.3, -0.25) is 19.6 Å². The molecule has 0 spiro atoms. The maximum atomic E-state index is 15.4. The molecule has 2 aromatic carbocycles. The van der Waals surface area contributed by atoms with Gasteiger partial charge in [-0.1, -0.05) is 11.2 Å². The van der Waals surface area contributed by atoms with Crippen molar-refractivity contribution in [3.05, 3.63) is 75.3 Å². The highest BCUT2D eigenvalue weighted by Gasteiger charge is 2.38. The standard InChI is InChI=1S/C19H16F3N3O5S/c1-19(2)10-15(23-30-19)31(29,17(22)16-13(20)4-3-5-14(16)21)24-18(26)11-6-8-12(9-7-11)25(27)28/h3-9H,10H2,1-2H3,(H,24,26,29). The largest absolute Gasteiger partial charge is 0.389 e. The first kappa shape index (κ1) is 22.3. The fraction of sp³-hybridized carbons (Fsp3) is 0.211. The summed E-state index contributed by atoms with van der Waals surface area (Å²) in [5, 5.41) is 12.1. The fourth-order valence-corrected chi connectivity index (χ4v) is 4.69. The Morgan fingerprint density at radius 3 is 2.26 bits per heavy atom. The third-order valence-corrected chi connectivity index (χ3v) is 6.36. The van der Waals surface area contributed by atoms with E-state index in [-0.39, 0.29) is 17.7 Å². The van der Waals surface area contributed by atoms with Crippen LogP contribution in [0.25, 0.3) is 0 Å². The van der Waals surface area contributed by atoms with Crippen molar-refractivity contribution >= 4 is 31.5 Å². The number of halogens is 3. The number of nitro groups is 1. The van der Waals surface area contributed by atoms with Crippen molar-refractivity contribution < 1.29 is 31.9 Å². The predicted octanol–water partition coefficient (Wildman–Crippen LogP) is 3.46. The number of hydrogen-bond acceptors (Lipinski definition) is 6. The number of hydrogen-bond donors (Lipinski definition) is 1. The fourth-order valence-electron chi connectivity index (χ4n) is 2.72. The molecule has 8 nitrogen and oxygen atoms in total. The van der Waals surface area contributed by atoms with E-state index in [0.717, 1.165) is 42.5 Å². The third kappa shape index (κ3) is 4.38. The first-order chi connectivity index (χ1) is 14.4. The lowest BCUT2D eigenvalue weighted by Gasteiger charge is -2.17. The van der Waals surface area contributed by atoms with Gasteiger partial charge in [-0.2, -0.15) is 4.39 Å². The van der Waals surface area contributed by atoms with Crippen molar-refractivity contribution in [3.8, 4) is 0 Å². The SMILES string of the molecule is CC1(C)CC(S(=O)(NC(=O)c2ccc([N+](=O)[O-])cc2)=C(F)c2c(F)cccc2F)=NO1. The highest BCUT2D eigenvalue weighted by Crippen LogP contribution is 2.27. The number of non-ortho nitro benzene ring substituents is 1. The Morgan fingerprint density at radius 1 is 1.19 bits per heavy atom. The number of oxime groups is 1. The van der Waals surface area contributed by atoms with Crippen molar-refractivity contribution in [2.24, 2.45) is 5.16 Å². The molecule has 0 aliphatic carbocycles. The average Bonchev–Trinajstić information content (AvgIpc) is 3.08. The summed E-state index contributed by atoms with van der Waals surface area (Å²) in [6, 6.07) is 6.70. The van der Waals surface area contributed by atoms with E-state index in [0.29, 0.717) is 0 Å². The van der Waals surface area contributed by atoms with Gasteiger partial charge in [0.2, 0.25) is 5.12 Å². The topological polar surface area (TPSA) is 111 Å². The van der Waals surface area contributed by atoms with Crippen LogP contribution in [0, 0.1) is 21.7 Å². The van der Waals surface area contributed by atoms with Crippen LogP contribution in [0.1, 0.15) is 36.2 Å². The average molecular weight is 455 g/mol. The molecule has 1 unspecified atom stereocenters. The molecule has 0 saturated carbocycles. The lowest BCUT2D eigenvalue weighted by atomic mass is 10.1. The van der Waals surface area contributed by atoms with E-state index in [9.17, 15) is 27.9 Å². The summed E-state index contributed by atoms with van der Waals surface area (Å²) in [4.78, 5) is 27.8. The summed E-state index contributed by atoms with van der Waals surface area (Å²) < 4.78 is 59.3. The minimum absolute atomic E-state index is 0.195. The van der Waals surface area contributed by atoms with E-state index < -0.39 is 53.5 Å². The van der Waals surface area contributed by atoms with Crippen molar-refractivity contribution in [1.29, 1.82) is 0 Å². The van der Waals surface area contributed by atoms with Crippen LogP contribution in [-0.4, -0.2) is 30.8 Å². The van der Waals surface area contributed by atoms with E-state index in [1.54, 1.807) is 13.8 Å². The van der Waals surface area contributed by atoms with Gasteiger partial charge in [0.05, 0.1) is 10.5 Å². The van der Waals surface area contributed by atoms with E-state index in [1.807, 2.05) is 4.72 Å². The van der Waals surface area contributed by atoms with Gasteiger partial charge in [-0.15, -0.1) is 0 Å². The van der Waals surface area contributed by atoms with E-state index in [1.165, 1.54) is 0 Å². The summed E-state index contributed by atoms with van der Waals surface area (Å²) in [6.07, 6.45) is -0.199. The number of benzene rings is 2. The Morgan fingerprint density at radius 2 is 1.77 bits per heavy atom. The van der Waals surface area contributed by atoms with Crippen molar-refractivity contribution in [2.75, 3.05) is 0 Å². The number of carbonyl (C=O) groups is 1. The number of nitro benzene ring substituents is 1. The maximum absolute atomic E-state index is 15.4. The van der Waals surface area contributed by atoms with Gasteiger partial charge in [-0.05, 0) is 38.1 Å². The Hall–Kier alpha value is -3.41. The summed E-state index contributed by atoms with van der Waals surface area (Å²) in [6.45, 7) is 3.12. The summed E-state index contributed by atoms with van der Waals surface area (Å²) >= 11 is 0. The highest BCUT2D eigenvalue weighted by atomic mass is 32.2. The Kier molecular flexibility index (Phi) is 5.77. The zero-order valence-electron chi connectivity index (χ0n) is 16.2. The van der Waals surface area contributed by atoms with Gasteiger partial charge >= 0.3 is 0 Å². The molecular formula is C19H16F3N3O5S. The lowest BCUT2D eigenvalue weighted by Crippen LogP contribution is -2.40. The van der Waals surface area contributed by atoms with Crippen LogP contribution in [0.5, 0.6) is 0 Å². The minimum Gasteiger partial charge on any atom is -0.389 e. The van der Waals surface area contributed by atoms with E-state index in [2.05, 4.69) is 5.16 Å². The molecule has 1 amide bonds. The number of rotatable bonds is 3. The first-order valence-electron chi connectivity index (χ1n) is 8.77. The molecule has 1 N–H and O–H groups in total. The summed E-state index contributed by atoms with van der Waals surface area (Å²) in [7, 11) is -4.43. The molecule has 0 saturated heterocycles. The molecule has 1 aliphatic heterocycles. The van der Waals surface area contributed by atoms with Crippen molar-refractivity contribution in [1.82, 2.24) is 4.72 Å². The Labute approximate surface area is 175 Å². The summed E-state index contributed by atoms with van der Waals surface area (Å²) in [5.41, 5.74) is -2.70. The molecule has 164 valence electrons. The second-order valence-corrected chi connectivity index (χ2v) is 9.32. The van der Waals surface area contributed by atoms with E-state index in [4.69, 9.17) is 4.84 Å². The van der Waals surface area contributed by atoms with Gasteiger partial charge in [0, 0.05) is 24.1 Å². The zero-order chi connectivity index (χ0) is 23.0. The maximum Gasteiger partial charge on any atom is 0.269 e. The predicted molar refractivity (Wildman–Crippen MR) is 107 cm³/mol. The van der Waals surface area contributed by atoms with E-state index >= 15 is 4.39 Å². The third-order valence-electron chi connectivity index (χ3n) is 4.29. The number of nitrogens with zero attached hydrogens (tertiary/aromatic N) is 2. The second-order valence-electron chi connectivity index (χ2n) is 7.17. The number of carbonyl (C=O) groups excluding carboxylic acids is 1. The van der Waals surface area contributed by atoms with Crippen LogP contribution in [0.3, 0.4) is 0 Å². The highest BCUT2D eigenvalue weighted by molar-refractivity contribution is 8.14. The van der Waals surface area contributed by atoms with Crippen LogP contribution in [-0.2, 0) is 14.5 Å². The number of amides is 1. The van der Waals surface area contributed by atoms with Gasteiger partial charge in [0.1, 0.15) is 26.9 Å². The molecule has 12 heteroatoms. The van der Waals surface area contributed by atoms with Gasteiger partial charge in [0.15, 0.2) is 5.04 Å².